The number of aromatic nitrogens is 2. The number of thiazole rings is 2. The summed E-state index contributed by atoms with van der Waals surface area (Å²) in [5, 5.41) is 6.11. The number of nitrogens with one attached hydrogen (secondary N) is 2. The van der Waals surface area contributed by atoms with Crippen LogP contribution in [-0.2, 0) is 35.5 Å². The van der Waals surface area contributed by atoms with E-state index in [9.17, 15) is 9.59 Å². The number of ether oxygens (including phenoxy) is 2. The predicted octanol–water partition coefficient (Wildman–Crippen LogP) is 5.30. The molecular formula is C30H35N5O4S2. The molecule has 2 aromatic carbocycles. The first-order valence-electron chi connectivity index (χ1n) is 13.5. The number of carbonyl (C=O) groups excluding carboxylic acids is 2. The summed E-state index contributed by atoms with van der Waals surface area (Å²) >= 11 is 2.89. The number of carbonyl (C=O) groups is 2. The summed E-state index contributed by atoms with van der Waals surface area (Å²) < 4.78 is 10.9. The average Bonchev–Trinajstić information content (AvgIpc) is 3.70. The van der Waals surface area contributed by atoms with Crippen LogP contribution in [0.2, 0.25) is 0 Å². The molecule has 41 heavy (non-hydrogen) atoms. The lowest BCUT2D eigenvalue weighted by molar-refractivity contribution is 0.127. The van der Waals surface area contributed by atoms with Crippen molar-refractivity contribution in [3.63, 3.8) is 0 Å². The fraction of sp³-hybridized carbons (Fsp3) is 0.333. The van der Waals surface area contributed by atoms with Gasteiger partial charge in [0.15, 0.2) is 0 Å². The van der Waals surface area contributed by atoms with Crippen LogP contribution >= 0.6 is 22.7 Å². The fourth-order valence-corrected chi connectivity index (χ4v) is 5.40. The molecule has 2 atom stereocenters. The molecule has 4 aromatic rings. The van der Waals surface area contributed by atoms with Crippen LogP contribution in [0.15, 0.2) is 84.1 Å². The van der Waals surface area contributed by atoms with Crippen molar-refractivity contribution in [2.45, 2.75) is 45.1 Å². The van der Waals surface area contributed by atoms with Crippen molar-refractivity contribution in [3.05, 3.63) is 105 Å². The molecule has 0 unspecified atom stereocenters. The van der Waals surface area contributed by atoms with Crippen LogP contribution < -0.4 is 10.6 Å². The zero-order valence-corrected chi connectivity index (χ0v) is 24.6. The van der Waals surface area contributed by atoms with Crippen molar-refractivity contribution >= 4 is 34.9 Å². The summed E-state index contributed by atoms with van der Waals surface area (Å²) in [6.07, 6.45) is 3.73. The smallest absolute Gasteiger partial charge is 0.407 e. The quantitative estimate of drug-likeness (QED) is 0.193. The second-order valence-electron chi connectivity index (χ2n) is 9.50. The minimum atomic E-state index is -0.471. The van der Waals surface area contributed by atoms with Gasteiger partial charge in [0.25, 0.3) is 0 Å². The van der Waals surface area contributed by atoms with E-state index >= 15 is 0 Å². The van der Waals surface area contributed by atoms with Crippen LogP contribution in [0.1, 0.15) is 27.8 Å². The van der Waals surface area contributed by atoms with E-state index in [1.54, 1.807) is 23.4 Å². The molecule has 2 N–H and O–H groups in total. The van der Waals surface area contributed by atoms with Gasteiger partial charge in [-0.3, -0.25) is 14.9 Å². The number of rotatable bonds is 15. The van der Waals surface area contributed by atoms with Crippen molar-refractivity contribution in [2.24, 2.45) is 0 Å². The van der Waals surface area contributed by atoms with Crippen LogP contribution in [0, 0.1) is 0 Å². The Morgan fingerprint density at radius 2 is 1.20 bits per heavy atom. The summed E-state index contributed by atoms with van der Waals surface area (Å²) in [5.74, 6) is 0. The number of benzene rings is 2. The molecule has 0 saturated carbocycles. The van der Waals surface area contributed by atoms with Gasteiger partial charge in [-0.25, -0.2) is 9.59 Å². The molecule has 0 radical (unpaired) electrons. The Hall–Kier alpha value is -3.80. The van der Waals surface area contributed by atoms with Crippen molar-refractivity contribution in [1.29, 1.82) is 0 Å². The predicted molar refractivity (Wildman–Crippen MR) is 161 cm³/mol. The average molecular weight is 594 g/mol. The van der Waals surface area contributed by atoms with E-state index in [0.29, 0.717) is 25.9 Å². The van der Waals surface area contributed by atoms with E-state index in [1.807, 2.05) is 60.7 Å². The van der Waals surface area contributed by atoms with Gasteiger partial charge in [0, 0.05) is 37.6 Å². The third-order valence-corrected chi connectivity index (χ3v) is 7.86. The third kappa shape index (κ3) is 10.9. The Bertz CT molecular complexity index is 1190. The van der Waals surface area contributed by atoms with Gasteiger partial charge < -0.3 is 20.1 Å². The minimum absolute atomic E-state index is 0.179. The lowest BCUT2D eigenvalue weighted by atomic mass is 10.0. The molecule has 0 aliphatic heterocycles. The fourth-order valence-electron chi connectivity index (χ4n) is 4.39. The number of hydrogen-bond donors (Lipinski definition) is 2. The lowest BCUT2D eigenvalue weighted by Crippen LogP contribution is -2.50. The molecule has 0 aliphatic carbocycles. The van der Waals surface area contributed by atoms with E-state index < -0.39 is 12.2 Å². The van der Waals surface area contributed by atoms with E-state index in [-0.39, 0.29) is 25.3 Å². The molecule has 2 amide bonds. The molecule has 0 bridgehead atoms. The summed E-state index contributed by atoms with van der Waals surface area (Å²) in [6.45, 7) is 4.31. The van der Waals surface area contributed by atoms with E-state index in [0.717, 1.165) is 27.4 Å². The second-order valence-corrected chi connectivity index (χ2v) is 11.4. The molecule has 2 aromatic heterocycles. The monoisotopic (exact) mass is 593 g/mol. The minimum Gasteiger partial charge on any atom is -0.444 e. The highest BCUT2D eigenvalue weighted by molar-refractivity contribution is 7.09. The molecule has 0 spiro atoms. The van der Waals surface area contributed by atoms with Crippen molar-refractivity contribution < 1.29 is 19.1 Å². The zero-order valence-electron chi connectivity index (χ0n) is 23.0. The Balaban J connectivity index is 1.41. The Labute approximate surface area is 248 Å². The molecule has 0 saturated heterocycles. The van der Waals surface area contributed by atoms with Crippen molar-refractivity contribution in [3.8, 4) is 0 Å². The largest absolute Gasteiger partial charge is 0.444 e. The van der Waals surface area contributed by atoms with Crippen LogP contribution in [0.25, 0.3) is 0 Å². The molecule has 2 heterocycles. The second kappa shape index (κ2) is 16.5. The highest BCUT2D eigenvalue weighted by Gasteiger charge is 2.22. The molecule has 11 heteroatoms. The SMILES string of the molecule is CCN(C[C@H](Cc1ccccc1)NC(=O)OCc1cncs1)C[C@H](Cc1ccccc1)NC(=O)OCc1cncs1. The first-order chi connectivity index (χ1) is 20.1. The summed E-state index contributed by atoms with van der Waals surface area (Å²) in [5.41, 5.74) is 5.65. The molecule has 216 valence electrons. The molecule has 4 rings (SSSR count). The van der Waals surface area contributed by atoms with Gasteiger partial charge in [-0.1, -0.05) is 67.6 Å². The molecule has 0 aliphatic rings. The lowest BCUT2D eigenvalue weighted by Gasteiger charge is -2.30. The summed E-state index contributed by atoms with van der Waals surface area (Å²) in [4.78, 5) is 37.5. The highest BCUT2D eigenvalue weighted by Crippen LogP contribution is 2.11. The van der Waals surface area contributed by atoms with Gasteiger partial charge in [0.2, 0.25) is 0 Å². The van der Waals surface area contributed by atoms with Gasteiger partial charge in [-0.2, -0.15) is 0 Å². The van der Waals surface area contributed by atoms with E-state index in [1.165, 1.54) is 22.7 Å². The molecule has 9 nitrogen and oxygen atoms in total. The summed E-state index contributed by atoms with van der Waals surface area (Å²) in [7, 11) is 0. The Kier molecular flexibility index (Phi) is 12.1. The first kappa shape index (κ1) is 30.2. The van der Waals surface area contributed by atoms with Crippen LogP contribution in [0.4, 0.5) is 9.59 Å². The van der Waals surface area contributed by atoms with Crippen molar-refractivity contribution in [1.82, 2.24) is 25.5 Å². The van der Waals surface area contributed by atoms with Crippen LogP contribution in [0.5, 0.6) is 0 Å². The number of hydrogen-bond acceptors (Lipinski definition) is 9. The van der Waals surface area contributed by atoms with Gasteiger partial charge >= 0.3 is 12.2 Å². The highest BCUT2D eigenvalue weighted by atomic mass is 32.1. The van der Waals surface area contributed by atoms with Crippen molar-refractivity contribution in [2.75, 3.05) is 19.6 Å². The topological polar surface area (TPSA) is 106 Å². The van der Waals surface area contributed by atoms with Crippen LogP contribution in [-0.4, -0.2) is 58.8 Å². The van der Waals surface area contributed by atoms with E-state index in [2.05, 4.69) is 32.4 Å². The standard InChI is InChI=1S/C30H35N5O4S2/c1-2-35(17-25(13-23-9-5-3-6-10-23)33-29(36)38-19-27-15-31-21-40-27)18-26(14-24-11-7-4-8-12-24)34-30(37)39-20-28-16-32-22-41-28/h3-12,15-16,21-22,25-26H,2,13-14,17-20H2,1H3,(H,33,36)(H,34,37)/t25-,26-/m0/s1. The van der Waals surface area contributed by atoms with Gasteiger partial charge in [-0.15, -0.1) is 22.7 Å². The molecule has 0 fully saturated rings. The maximum atomic E-state index is 12.7. The zero-order chi connectivity index (χ0) is 28.7. The Morgan fingerprint density at radius 1 is 0.756 bits per heavy atom. The first-order valence-corrected chi connectivity index (χ1v) is 15.2. The van der Waals surface area contributed by atoms with Gasteiger partial charge in [0.05, 0.1) is 20.8 Å². The van der Waals surface area contributed by atoms with Crippen LogP contribution in [0.3, 0.4) is 0 Å². The third-order valence-electron chi connectivity index (χ3n) is 6.36. The maximum absolute atomic E-state index is 12.7. The Morgan fingerprint density at radius 3 is 1.56 bits per heavy atom. The van der Waals surface area contributed by atoms with Gasteiger partial charge in [-0.05, 0) is 30.5 Å². The number of amides is 2. The maximum Gasteiger partial charge on any atom is 0.407 e. The van der Waals surface area contributed by atoms with E-state index in [4.69, 9.17) is 9.47 Å². The normalized spacial score (nSPS) is 12.4. The molecular weight excluding hydrogens is 558 g/mol. The number of nitrogens with zero attached hydrogens (tertiary/aromatic N) is 3. The van der Waals surface area contributed by atoms with Gasteiger partial charge in [0.1, 0.15) is 13.2 Å². The number of alkyl carbamates (subject to hydrolysis) is 2. The summed E-state index contributed by atoms with van der Waals surface area (Å²) in [6, 6.07) is 19.7. The number of likely N-dealkylation sites (N-methyl/N-ethyl adjacent to an activating group) is 1.